The third-order valence-electron chi connectivity index (χ3n) is 4.78. The summed E-state index contributed by atoms with van der Waals surface area (Å²) in [7, 11) is 0. The molecule has 124 valence electrons. The number of aryl methyl sites for hydroxylation is 1. The van der Waals surface area contributed by atoms with Crippen molar-refractivity contribution >= 4 is 0 Å². The summed E-state index contributed by atoms with van der Waals surface area (Å²) in [4.78, 5) is 0. The van der Waals surface area contributed by atoms with Crippen molar-refractivity contribution < 1.29 is 8.78 Å². The lowest BCUT2D eigenvalue weighted by atomic mass is 9.85. The largest absolute Gasteiger partial charge is 0.311 e. The summed E-state index contributed by atoms with van der Waals surface area (Å²) in [5.74, 6) is 1.68. The number of hydrogen-bond acceptors (Lipinski definition) is 0. The second-order valence-corrected chi connectivity index (χ2v) is 6.87. The van der Waals surface area contributed by atoms with Crippen molar-refractivity contribution in [3.8, 4) is 11.8 Å². The molecule has 1 unspecified atom stereocenters. The first-order chi connectivity index (χ1) is 11.5. The molecule has 0 saturated heterocycles. The molecule has 0 bridgehead atoms. The average Bonchev–Trinajstić information content (AvgIpc) is 2.56. The Balaban J connectivity index is 1.82. The van der Waals surface area contributed by atoms with Crippen LogP contribution in [0.5, 0.6) is 0 Å². The van der Waals surface area contributed by atoms with Gasteiger partial charge in [-0.1, -0.05) is 62.2 Å². The third-order valence-corrected chi connectivity index (χ3v) is 4.78. The van der Waals surface area contributed by atoms with E-state index in [1.165, 1.54) is 5.56 Å². The van der Waals surface area contributed by atoms with Crippen LogP contribution in [-0.2, 0) is 12.8 Å². The molecule has 0 radical (unpaired) electrons. The number of alkyl halides is 2. The van der Waals surface area contributed by atoms with E-state index < -0.39 is 11.8 Å². The van der Waals surface area contributed by atoms with Crippen molar-refractivity contribution in [3.63, 3.8) is 0 Å². The van der Waals surface area contributed by atoms with Crippen molar-refractivity contribution in [3.05, 3.63) is 70.8 Å². The highest BCUT2D eigenvalue weighted by molar-refractivity contribution is 5.43. The molecule has 0 aliphatic heterocycles. The van der Waals surface area contributed by atoms with E-state index in [1.54, 1.807) is 0 Å². The first-order valence-corrected chi connectivity index (χ1v) is 8.53. The summed E-state index contributed by atoms with van der Waals surface area (Å²) in [5.41, 5.74) is 3.99. The summed E-state index contributed by atoms with van der Waals surface area (Å²) < 4.78 is 29.0. The Morgan fingerprint density at radius 3 is 2.50 bits per heavy atom. The highest BCUT2D eigenvalue weighted by Gasteiger charge is 2.38. The van der Waals surface area contributed by atoms with Gasteiger partial charge < -0.3 is 0 Å². The zero-order valence-corrected chi connectivity index (χ0v) is 14.2. The van der Waals surface area contributed by atoms with Crippen LogP contribution in [-0.4, -0.2) is 5.92 Å². The molecule has 0 saturated carbocycles. The summed E-state index contributed by atoms with van der Waals surface area (Å²) in [6, 6.07) is 15.6. The molecule has 2 heteroatoms. The number of hydrogen-bond donors (Lipinski definition) is 0. The molecule has 0 amide bonds. The second-order valence-electron chi connectivity index (χ2n) is 6.87. The minimum Gasteiger partial charge on any atom is -0.192 e. The molecule has 0 spiro atoms. The predicted molar refractivity (Wildman–Crippen MR) is 94.3 cm³/mol. The second kappa shape index (κ2) is 6.77. The number of rotatable bonds is 3. The standard InChI is InChI=1S/C22H22F2/c1-16(2)18-9-7-17(8-10-18)15-21-12-11-19-5-3-4-6-20(19)13-14-22(21,23)24/h3-10,16,21H,11-12,15H2,1-2H3. The SMILES string of the molecule is CC(C)c1ccc(CC2CCc3ccccc3C#CC2(F)F)cc1. The van der Waals surface area contributed by atoms with Gasteiger partial charge in [-0.2, -0.15) is 8.78 Å². The first-order valence-electron chi connectivity index (χ1n) is 8.53. The molecule has 0 heterocycles. The van der Waals surface area contributed by atoms with Crippen molar-refractivity contribution in [2.24, 2.45) is 5.92 Å². The van der Waals surface area contributed by atoms with Gasteiger partial charge in [-0.3, -0.25) is 0 Å². The van der Waals surface area contributed by atoms with Crippen LogP contribution in [0.15, 0.2) is 48.5 Å². The maximum Gasteiger partial charge on any atom is 0.311 e. The smallest absolute Gasteiger partial charge is 0.192 e. The zero-order chi connectivity index (χ0) is 17.2. The van der Waals surface area contributed by atoms with Gasteiger partial charge in [0.05, 0.1) is 0 Å². The maximum atomic E-state index is 14.5. The molecule has 0 aromatic heterocycles. The van der Waals surface area contributed by atoms with Gasteiger partial charge >= 0.3 is 5.92 Å². The molecule has 1 aliphatic rings. The van der Waals surface area contributed by atoms with E-state index in [-0.39, 0.29) is 0 Å². The fraction of sp³-hybridized carbons (Fsp3) is 0.364. The molecule has 0 N–H and O–H groups in total. The van der Waals surface area contributed by atoms with Gasteiger partial charge in [0.2, 0.25) is 0 Å². The van der Waals surface area contributed by atoms with Crippen LogP contribution >= 0.6 is 0 Å². The lowest BCUT2D eigenvalue weighted by molar-refractivity contribution is -0.00273. The molecule has 0 fully saturated rings. The van der Waals surface area contributed by atoms with Gasteiger partial charge in [0.25, 0.3) is 0 Å². The lowest BCUT2D eigenvalue weighted by Gasteiger charge is -2.24. The molecule has 2 aromatic carbocycles. The van der Waals surface area contributed by atoms with E-state index in [4.69, 9.17) is 0 Å². The lowest BCUT2D eigenvalue weighted by Crippen LogP contribution is -2.30. The van der Waals surface area contributed by atoms with Crippen molar-refractivity contribution in [2.45, 2.75) is 45.0 Å². The van der Waals surface area contributed by atoms with Gasteiger partial charge in [0.15, 0.2) is 0 Å². The van der Waals surface area contributed by atoms with Crippen LogP contribution < -0.4 is 0 Å². The zero-order valence-electron chi connectivity index (χ0n) is 14.2. The van der Waals surface area contributed by atoms with E-state index in [0.717, 1.165) is 16.7 Å². The molecular weight excluding hydrogens is 302 g/mol. The summed E-state index contributed by atoms with van der Waals surface area (Å²) in [5, 5.41) is 0. The Kier molecular flexibility index (Phi) is 4.71. The third kappa shape index (κ3) is 3.67. The van der Waals surface area contributed by atoms with Gasteiger partial charge in [0, 0.05) is 11.5 Å². The highest BCUT2D eigenvalue weighted by atomic mass is 19.3. The Morgan fingerprint density at radius 2 is 1.79 bits per heavy atom. The van der Waals surface area contributed by atoms with Crippen LogP contribution in [0.1, 0.15) is 48.4 Å². The highest BCUT2D eigenvalue weighted by Crippen LogP contribution is 2.33. The normalized spacial score (nSPS) is 19.0. The Labute approximate surface area is 142 Å². The van der Waals surface area contributed by atoms with E-state index in [9.17, 15) is 8.78 Å². The molecule has 1 atom stereocenters. The Morgan fingerprint density at radius 1 is 1.08 bits per heavy atom. The molecule has 0 nitrogen and oxygen atoms in total. The first kappa shape index (κ1) is 16.7. The van der Waals surface area contributed by atoms with Crippen LogP contribution in [0.25, 0.3) is 0 Å². The number of halogens is 2. The summed E-state index contributed by atoms with van der Waals surface area (Å²) in [6.45, 7) is 4.26. The maximum absolute atomic E-state index is 14.5. The van der Waals surface area contributed by atoms with Gasteiger partial charge in [-0.25, -0.2) is 0 Å². The van der Waals surface area contributed by atoms with E-state index in [2.05, 4.69) is 25.7 Å². The van der Waals surface area contributed by atoms with Gasteiger partial charge in [-0.15, -0.1) is 0 Å². The van der Waals surface area contributed by atoms with Crippen LogP contribution in [0.4, 0.5) is 8.78 Å². The fourth-order valence-corrected chi connectivity index (χ4v) is 3.18. The van der Waals surface area contributed by atoms with Gasteiger partial charge in [0.1, 0.15) is 0 Å². The van der Waals surface area contributed by atoms with E-state index in [1.807, 2.05) is 48.5 Å². The number of benzene rings is 2. The average molecular weight is 324 g/mol. The Hall–Kier alpha value is -2.14. The van der Waals surface area contributed by atoms with Crippen molar-refractivity contribution in [2.75, 3.05) is 0 Å². The monoisotopic (exact) mass is 324 g/mol. The minimum atomic E-state index is -2.95. The fourth-order valence-electron chi connectivity index (χ4n) is 3.18. The molecule has 3 rings (SSSR count). The minimum absolute atomic E-state index is 0.363. The number of fused-ring (bicyclic) bond motifs is 1. The molecule has 2 aromatic rings. The van der Waals surface area contributed by atoms with Crippen molar-refractivity contribution in [1.82, 2.24) is 0 Å². The van der Waals surface area contributed by atoms with E-state index >= 15 is 0 Å². The Bertz CT molecular complexity index is 761. The topological polar surface area (TPSA) is 0 Å². The van der Waals surface area contributed by atoms with Crippen LogP contribution in [0.2, 0.25) is 0 Å². The molecule has 24 heavy (non-hydrogen) atoms. The summed E-state index contributed by atoms with van der Waals surface area (Å²) in [6.07, 6.45) is 1.46. The quantitative estimate of drug-likeness (QED) is 0.645. The van der Waals surface area contributed by atoms with Crippen LogP contribution in [0, 0.1) is 17.8 Å². The summed E-state index contributed by atoms with van der Waals surface area (Å²) >= 11 is 0. The van der Waals surface area contributed by atoms with Crippen LogP contribution in [0.3, 0.4) is 0 Å². The molecule has 1 aliphatic carbocycles. The van der Waals surface area contributed by atoms with Crippen molar-refractivity contribution in [1.29, 1.82) is 0 Å². The van der Waals surface area contributed by atoms with E-state index in [0.29, 0.717) is 25.2 Å². The van der Waals surface area contributed by atoms with Gasteiger partial charge in [-0.05, 0) is 53.9 Å². The predicted octanol–water partition coefficient (Wildman–Crippen LogP) is 5.60. The molecular formula is C22H22F2.